The molecule has 0 aromatic rings. The quantitative estimate of drug-likeness (QED) is 0.482. The zero-order valence-electron chi connectivity index (χ0n) is 9.07. The van der Waals surface area contributed by atoms with E-state index in [9.17, 15) is 4.79 Å². The third-order valence-electron chi connectivity index (χ3n) is 2.26. The first-order chi connectivity index (χ1) is 6.49. The summed E-state index contributed by atoms with van der Waals surface area (Å²) < 4.78 is 5.79. The van der Waals surface area contributed by atoms with Gasteiger partial charge in [-0.15, -0.1) is 0 Å². The van der Waals surface area contributed by atoms with Crippen molar-refractivity contribution in [1.29, 1.82) is 0 Å². The lowest BCUT2D eigenvalue weighted by Gasteiger charge is -2.33. The molecule has 0 bridgehead atoms. The molecule has 76 valence electrons. The molecule has 0 N–H and O–H groups in total. The molecule has 0 aromatic carbocycles. The van der Waals surface area contributed by atoms with Gasteiger partial charge in [-0.3, -0.25) is 0 Å². The number of allylic oxidation sites excluding steroid dienone is 1. The van der Waals surface area contributed by atoms with Gasteiger partial charge in [-0.25, -0.2) is 4.79 Å². The molecule has 0 amide bonds. The summed E-state index contributed by atoms with van der Waals surface area (Å²) in [7, 11) is 7.72. The molecule has 0 radical (unpaired) electrons. The second kappa shape index (κ2) is 3.82. The average Bonchev–Trinajstić information content (AvgIpc) is 2.15. The van der Waals surface area contributed by atoms with Crippen molar-refractivity contribution in [2.45, 2.75) is 6.04 Å². The van der Waals surface area contributed by atoms with Gasteiger partial charge in [0.1, 0.15) is 17.7 Å². The van der Waals surface area contributed by atoms with Crippen molar-refractivity contribution in [3.8, 4) is 0 Å². The molecule has 3 heteroatoms. The molecular weight excluding hydrogens is 178 g/mol. The molecular formula is C11H16NO2+. The van der Waals surface area contributed by atoms with E-state index in [2.05, 4.69) is 0 Å². The number of rotatable bonds is 2. The molecule has 3 nitrogen and oxygen atoms in total. The van der Waals surface area contributed by atoms with Crippen LogP contribution in [0.5, 0.6) is 0 Å². The molecule has 1 aliphatic rings. The Bertz CT molecular complexity index is 328. The molecule has 1 aliphatic carbocycles. The van der Waals surface area contributed by atoms with Gasteiger partial charge in [0, 0.05) is 6.08 Å². The van der Waals surface area contributed by atoms with E-state index >= 15 is 0 Å². The lowest BCUT2D eigenvalue weighted by atomic mass is 10.0. The number of hydrogen-bond donors (Lipinski definition) is 0. The minimum absolute atomic E-state index is 0.0208. The minimum Gasteiger partial charge on any atom is -0.497 e. The Balaban J connectivity index is 3.07. The summed E-state index contributed by atoms with van der Waals surface area (Å²) in [6.45, 7) is 0. The summed E-state index contributed by atoms with van der Waals surface area (Å²) in [5, 5.41) is 0. The SMILES string of the molecule is COC1=CC([N+](C)(C)C)C(=C=O)C=C1. The van der Waals surface area contributed by atoms with E-state index in [-0.39, 0.29) is 6.04 Å². The smallest absolute Gasteiger partial charge is 0.147 e. The van der Waals surface area contributed by atoms with Crippen LogP contribution in [0, 0.1) is 0 Å². The Labute approximate surface area is 84.6 Å². The van der Waals surface area contributed by atoms with E-state index < -0.39 is 0 Å². The summed E-state index contributed by atoms with van der Waals surface area (Å²) in [6.07, 6.45) is 5.49. The number of likely N-dealkylation sites (N-methyl/N-ethyl adjacent to an activating group) is 1. The Morgan fingerprint density at radius 3 is 2.43 bits per heavy atom. The molecule has 1 atom stereocenters. The van der Waals surface area contributed by atoms with Gasteiger partial charge in [-0.1, -0.05) is 0 Å². The number of ether oxygens (including phenoxy) is 1. The van der Waals surface area contributed by atoms with Crippen LogP contribution in [0.25, 0.3) is 0 Å². The Kier molecular flexibility index (Phi) is 2.94. The Hall–Kier alpha value is -1.31. The fraction of sp³-hybridized carbons (Fsp3) is 0.455. The molecule has 0 saturated heterocycles. The molecule has 1 unspecified atom stereocenters. The first kappa shape index (κ1) is 10.8. The molecule has 0 aromatic heterocycles. The number of nitrogens with zero attached hydrogens (tertiary/aromatic N) is 1. The van der Waals surface area contributed by atoms with Gasteiger partial charge in [0.2, 0.25) is 0 Å². The lowest BCUT2D eigenvalue weighted by molar-refractivity contribution is -0.883. The maximum atomic E-state index is 10.7. The average molecular weight is 194 g/mol. The van der Waals surface area contributed by atoms with Crippen LogP contribution in [-0.4, -0.2) is 44.7 Å². The maximum Gasteiger partial charge on any atom is 0.147 e. The molecule has 0 heterocycles. The highest BCUT2D eigenvalue weighted by Gasteiger charge is 2.28. The molecule has 0 aliphatic heterocycles. The van der Waals surface area contributed by atoms with Gasteiger partial charge < -0.3 is 9.22 Å². The van der Waals surface area contributed by atoms with Gasteiger partial charge in [0.15, 0.2) is 0 Å². The van der Waals surface area contributed by atoms with Crippen LogP contribution in [-0.2, 0) is 9.53 Å². The second-order valence-corrected chi connectivity index (χ2v) is 4.22. The van der Waals surface area contributed by atoms with E-state index in [0.717, 1.165) is 5.76 Å². The number of quaternary nitrogens is 1. The van der Waals surface area contributed by atoms with Gasteiger partial charge >= 0.3 is 0 Å². The van der Waals surface area contributed by atoms with Crippen LogP contribution in [0.15, 0.2) is 29.6 Å². The van der Waals surface area contributed by atoms with Crippen molar-refractivity contribution in [3.63, 3.8) is 0 Å². The molecule has 14 heavy (non-hydrogen) atoms. The predicted molar refractivity (Wildman–Crippen MR) is 55.3 cm³/mol. The van der Waals surface area contributed by atoms with Crippen molar-refractivity contribution >= 4 is 5.94 Å². The van der Waals surface area contributed by atoms with Gasteiger partial charge in [0.05, 0.1) is 33.8 Å². The summed E-state index contributed by atoms with van der Waals surface area (Å²) in [5.41, 5.74) is 0.665. The molecule has 1 rings (SSSR count). The van der Waals surface area contributed by atoms with Crippen LogP contribution in [0.2, 0.25) is 0 Å². The monoisotopic (exact) mass is 194 g/mol. The van der Waals surface area contributed by atoms with Gasteiger partial charge in [-0.05, 0) is 12.2 Å². The van der Waals surface area contributed by atoms with Crippen LogP contribution in [0.3, 0.4) is 0 Å². The fourth-order valence-corrected chi connectivity index (χ4v) is 1.44. The number of hydrogen-bond acceptors (Lipinski definition) is 2. The largest absolute Gasteiger partial charge is 0.497 e. The van der Waals surface area contributed by atoms with Crippen LogP contribution in [0.1, 0.15) is 0 Å². The summed E-state index contributed by atoms with van der Waals surface area (Å²) in [6, 6.07) is 0.0208. The van der Waals surface area contributed by atoms with E-state index in [1.54, 1.807) is 19.3 Å². The fourth-order valence-electron chi connectivity index (χ4n) is 1.44. The standard InChI is InChI=1S/C11H16NO2/c1-12(2,3)11-7-10(14-4)6-5-9(11)8-13/h5-7,11H,1-4H3/q+1. The highest BCUT2D eigenvalue weighted by atomic mass is 16.5. The number of methoxy groups -OCH3 is 1. The van der Waals surface area contributed by atoms with E-state index in [0.29, 0.717) is 10.1 Å². The first-order valence-electron chi connectivity index (χ1n) is 4.49. The lowest BCUT2D eigenvalue weighted by Crippen LogP contribution is -2.45. The van der Waals surface area contributed by atoms with Crippen molar-refractivity contribution in [2.75, 3.05) is 28.3 Å². The first-order valence-corrected chi connectivity index (χ1v) is 4.49. The highest BCUT2D eigenvalue weighted by Crippen LogP contribution is 2.21. The van der Waals surface area contributed by atoms with Gasteiger partial charge in [0.25, 0.3) is 0 Å². The molecule has 0 saturated carbocycles. The highest BCUT2D eigenvalue weighted by molar-refractivity contribution is 5.62. The van der Waals surface area contributed by atoms with Crippen LogP contribution >= 0.6 is 0 Å². The van der Waals surface area contributed by atoms with E-state index in [1.165, 1.54) is 0 Å². The number of carbonyl (C=O) groups excluding carboxylic acids is 1. The minimum atomic E-state index is 0.0208. The van der Waals surface area contributed by atoms with Crippen molar-refractivity contribution < 1.29 is 14.0 Å². The maximum absolute atomic E-state index is 10.7. The third kappa shape index (κ3) is 2.13. The topological polar surface area (TPSA) is 26.3 Å². The second-order valence-electron chi connectivity index (χ2n) is 4.22. The molecule has 0 fully saturated rings. The summed E-state index contributed by atoms with van der Waals surface area (Å²) >= 11 is 0. The predicted octanol–water partition coefficient (Wildman–Crippen LogP) is 0.919. The van der Waals surface area contributed by atoms with Crippen molar-refractivity contribution in [2.24, 2.45) is 0 Å². The van der Waals surface area contributed by atoms with Crippen molar-refractivity contribution in [3.05, 3.63) is 29.6 Å². The van der Waals surface area contributed by atoms with Crippen molar-refractivity contribution in [1.82, 2.24) is 0 Å². The molecule has 0 spiro atoms. The Morgan fingerprint density at radius 2 is 2.00 bits per heavy atom. The normalized spacial score (nSPS) is 21.6. The van der Waals surface area contributed by atoms with Gasteiger partial charge in [-0.2, -0.15) is 0 Å². The Morgan fingerprint density at radius 1 is 1.36 bits per heavy atom. The zero-order valence-corrected chi connectivity index (χ0v) is 9.07. The van der Waals surface area contributed by atoms with Crippen LogP contribution < -0.4 is 0 Å². The zero-order chi connectivity index (χ0) is 10.8. The third-order valence-corrected chi connectivity index (χ3v) is 2.26. The van der Waals surface area contributed by atoms with E-state index in [4.69, 9.17) is 4.74 Å². The van der Waals surface area contributed by atoms with Crippen LogP contribution in [0.4, 0.5) is 0 Å². The van der Waals surface area contributed by atoms with E-state index in [1.807, 2.05) is 33.2 Å². The summed E-state index contributed by atoms with van der Waals surface area (Å²) in [5.74, 6) is 2.76. The summed E-state index contributed by atoms with van der Waals surface area (Å²) in [4.78, 5) is 10.7.